The third-order valence-corrected chi connectivity index (χ3v) is 5.29. The molecule has 166 valence electrons. The number of amides is 1. The van der Waals surface area contributed by atoms with Gasteiger partial charge in [0.25, 0.3) is 5.91 Å². The van der Waals surface area contributed by atoms with Gasteiger partial charge < -0.3 is 11.1 Å². The van der Waals surface area contributed by atoms with Crippen LogP contribution >= 0.6 is 0 Å². The van der Waals surface area contributed by atoms with Gasteiger partial charge in [-0.2, -0.15) is 13.2 Å². The molecule has 1 aliphatic carbocycles. The molecule has 1 fully saturated rings. The van der Waals surface area contributed by atoms with Crippen LogP contribution in [0.2, 0.25) is 0 Å². The van der Waals surface area contributed by atoms with Gasteiger partial charge in [0.05, 0.1) is 11.6 Å². The minimum Gasteiger partial charge on any atom is -0.370 e. The number of rotatable bonds is 7. The summed E-state index contributed by atoms with van der Waals surface area (Å²) in [5.41, 5.74) is 6.20. The predicted molar refractivity (Wildman–Crippen MR) is 113 cm³/mol. The van der Waals surface area contributed by atoms with Crippen LogP contribution in [-0.2, 0) is 6.18 Å². The van der Waals surface area contributed by atoms with E-state index in [1.165, 1.54) is 18.9 Å². The number of hydrogen-bond donors (Lipinski definition) is 3. The number of anilines is 1. The maximum atomic E-state index is 13.0. The standard InChI is InChI=1S/C22H26F3N5O/c1-13-10-17(12-19(28-13)30(21(26)27)9-8-15-6-7-15)20(31)29-14(2)16-4-3-5-18(11-16)22(23,24)25/h3-5,10-12,14-15H,6-9H2,1-2H3,(H3,26,27)(H,29,31)/t14-/m1/s1. The highest BCUT2D eigenvalue weighted by Crippen LogP contribution is 2.33. The molecular weight excluding hydrogens is 407 g/mol. The van der Waals surface area contributed by atoms with E-state index in [1.807, 2.05) is 0 Å². The predicted octanol–water partition coefficient (Wildman–Crippen LogP) is 4.40. The Hall–Kier alpha value is -3.10. The Bertz CT molecular complexity index is 972. The second kappa shape index (κ2) is 8.95. The maximum Gasteiger partial charge on any atom is 0.416 e. The molecule has 1 aromatic carbocycles. The van der Waals surface area contributed by atoms with Gasteiger partial charge in [-0.25, -0.2) is 4.98 Å². The zero-order valence-electron chi connectivity index (χ0n) is 17.5. The largest absolute Gasteiger partial charge is 0.416 e. The summed E-state index contributed by atoms with van der Waals surface area (Å²) in [6, 6.07) is 7.40. The summed E-state index contributed by atoms with van der Waals surface area (Å²) in [6.07, 6.45) is -1.21. The van der Waals surface area contributed by atoms with Crippen LogP contribution < -0.4 is 16.0 Å². The van der Waals surface area contributed by atoms with Crippen molar-refractivity contribution in [1.29, 1.82) is 5.41 Å². The number of benzene rings is 1. The summed E-state index contributed by atoms with van der Waals surface area (Å²) in [7, 11) is 0. The highest BCUT2D eigenvalue weighted by Gasteiger charge is 2.31. The van der Waals surface area contributed by atoms with E-state index in [0.717, 1.165) is 18.6 Å². The highest BCUT2D eigenvalue weighted by molar-refractivity contribution is 5.97. The van der Waals surface area contributed by atoms with Crippen molar-refractivity contribution in [2.75, 3.05) is 11.4 Å². The van der Waals surface area contributed by atoms with Crippen molar-refractivity contribution in [3.63, 3.8) is 0 Å². The Labute approximate surface area is 179 Å². The molecule has 1 saturated carbocycles. The molecule has 9 heteroatoms. The lowest BCUT2D eigenvalue weighted by molar-refractivity contribution is -0.137. The second-order valence-electron chi connectivity index (χ2n) is 7.94. The lowest BCUT2D eigenvalue weighted by atomic mass is 10.0. The number of carbonyl (C=O) groups excluding carboxylic acids is 1. The number of nitrogens with one attached hydrogen (secondary N) is 2. The Morgan fingerprint density at radius 3 is 2.65 bits per heavy atom. The Kier molecular flexibility index (Phi) is 6.52. The number of aryl methyl sites for hydroxylation is 1. The zero-order chi connectivity index (χ0) is 22.8. The quantitative estimate of drug-likeness (QED) is 0.446. The Balaban J connectivity index is 1.77. The van der Waals surface area contributed by atoms with E-state index in [2.05, 4.69) is 10.3 Å². The van der Waals surface area contributed by atoms with Gasteiger partial charge in [-0.3, -0.25) is 15.1 Å². The molecule has 3 rings (SSSR count). The van der Waals surface area contributed by atoms with Gasteiger partial charge >= 0.3 is 6.18 Å². The summed E-state index contributed by atoms with van der Waals surface area (Å²) < 4.78 is 38.9. The van der Waals surface area contributed by atoms with Crippen LogP contribution in [0.15, 0.2) is 36.4 Å². The van der Waals surface area contributed by atoms with Gasteiger partial charge in [-0.1, -0.05) is 25.0 Å². The molecule has 0 bridgehead atoms. The van der Waals surface area contributed by atoms with Gasteiger partial charge in [0.15, 0.2) is 5.96 Å². The molecule has 0 saturated heterocycles. The molecule has 0 aliphatic heterocycles. The topological polar surface area (TPSA) is 95.1 Å². The smallest absolute Gasteiger partial charge is 0.370 e. The van der Waals surface area contributed by atoms with E-state index in [-0.39, 0.29) is 5.96 Å². The molecule has 2 aromatic rings. The molecule has 1 heterocycles. The molecule has 4 N–H and O–H groups in total. The molecule has 31 heavy (non-hydrogen) atoms. The average Bonchev–Trinajstić information content (AvgIpc) is 3.51. The molecule has 0 radical (unpaired) electrons. The fraction of sp³-hybridized carbons (Fsp3) is 0.409. The Morgan fingerprint density at radius 2 is 2.03 bits per heavy atom. The Morgan fingerprint density at radius 1 is 1.32 bits per heavy atom. The van der Waals surface area contributed by atoms with Gasteiger partial charge in [0.1, 0.15) is 5.82 Å². The van der Waals surface area contributed by atoms with Crippen molar-refractivity contribution in [1.82, 2.24) is 10.3 Å². The van der Waals surface area contributed by atoms with Gasteiger partial charge in [-0.15, -0.1) is 0 Å². The van der Waals surface area contributed by atoms with E-state index >= 15 is 0 Å². The van der Waals surface area contributed by atoms with Gasteiger partial charge in [0.2, 0.25) is 0 Å². The minimum atomic E-state index is -4.45. The van der Waals surface area contributed by atoms with Crippen LogP contribution in [-0.4, -0.2) is 23.4 Å². The van der Waals surface area contributed by atoms with Gasteiger partial charge in [-0.05, 0) is 56.0 Å². The minimum absolute atomic E-state index is 0.151. The normalized spacial score (nSPS) is 14.7. The lowest BCUT2D eigenvalue weighted by Crippen LogP contribution is -2.38. The molecule has 0 spiro atoms. The van der Waals surface area contributed by atoms with Crippen molar-refractivity contribution < 1.29 is 18.0 Å². The number of nitrogens with two attached hydrogens (primary N) is 1. The van der Waals surface area contributed by atoms with Crippen LogP contribution in [0.25, 0.3) is 0 Å². The van der Waals surface area contributed by atoms with Crippen LogP contribution in [0.4, 0.5) is 19.0 Å². The van der Waals surface area contributed by atoms with E-state index in [9.17, 15) is 18.0 Å². The van der Waals surface area contributed by atoms with Gasteiger partial charge in [0, 0.05) is 17.8 Å². The third kappa shape index (κ3) is 5.96. The van der Waals surface area contributed by atoms with Crippen molar-refractivity contribution in [3.05, 3.63) is 58.8 Å². The van der Waals surface area contributed by atoms with Crippen molar-refractivity contribution >= 4 is 17.7 Å². The highest BCUT2D eigenvalue weighted by atomic mass is 19.4. The third-order valence-electron chi connectivity index (χ3n) is 5.29. The number of carbonyl (C=O) groups is 1. The maximum absolute atomic E-state index is 13.0. The average molecular weight is 433 g/mol. The van der Waals surface area contributed by atoms with Crippen LogP contribution in [0, 0.1) is 18.3 Å². The first kappa shape index (κ1) is 22.6. The number of aromatic nitrogens is 1. The SMILES string of the molecule is Cc1cc(C(=O)N[C@H](C)c2cccc(C(F)(F)F)c2)cc(N(CCC2CC2)C(=N)N)n1. The molecule has 0 unspecified atom stereocenters. The summed E-state index contributed by atoms with van der Waals surface area (Å²) in [4.78, 5) is 18.8. The molecule has 1 atom stereocenters. The van der Waals surface area contributed by atoms with E-state index in [4.69, 9.17) is 11.1 Å². The number of guanidine groups is 1. The monoisotopic (exact) mass is 433 g/mol. The molecule has 1 aliphatic rings. The van der Waals surface area contributed by atoms with Crippen molar-refractivity contribution in [2.45, 2.75) is 45.3 Å². The van der Waals surface area contributed by atoms with E-state index in [0.29, 0.717) is 35.1 Å². The van der Waals surface area contributed by atoms with E-state index < -0.39 is 23.7 Å². The summed E-state index contributed by atoms with van der Waals surface area (Å²) in [5.74, 6) is 0.456. The summed E-state index contributed by atoms with van der Waals surface area (Å²) in [5, 5.41) is 10.6. The first-order valence-corrected chi connectivity index (χ1v) is 10.1. The first-order chi connectivity index (χ1) is 14.5. The number of alkyl halides is 3. The molecule has 6 nitrogen and oxygen atoms in total. The van der Waals surface area contributed by atoms with Crippen LogP contribution in [0.3, 0.4) is 0 Å². The van der Waals surface area contributed by atoms with Crippen molar-refractivity contribution in [3.8, 4) is 0 Å². The number of pyridine rings is 1. The van der Waals surface area contributed by atoms with E-state index in [1.54, 1.807) is 36.9 Å². The first-order valence-electron chi connectivity index (χ1n) is 10.1. The lowest BCUT2D eigenvalue weighted by Gasteiger charge is -2.23. The number of hydrogen-bond acceptors (Lipinski definition) is 3. The zero-order valence-corrected chi connectivity index (χ0v) is 17.5. The second-order valence-corrected chi connectivity index (χ2v) is 7.94. The fourth-order valence-electron chi connectivity index (χ4n) is 3.34. The molecule has 1 amide bonds. The van der Waals surface area contributed by atoms with Crippen LogP contribution in [0.5, 0.6) is 0 Å². The molecule has 1 aromatic heterocycles. The number of nitrogens with zero attached hydrogens (tertiary/aromatic N) is 2. The fourth-order valence-corrected chi connectivity index (χ4v) is 3.34. The van der Waals surface area contributed by atoms with Crippen molar-refractivity contribution in [2.24, 2.45) is 11.7 Å². The summed E-state index contributed by atoms with van der Waals surface area (Å²) >= 11 is 0. The molecular formula is C22H26F3N5O. The summed E-state index contributed by atoms with van der Waals surface area (Å²) in [6.45, 7) is 3.90. The number of halogens is 3. The van der Waals surface area contributed by atoms with Crippen LogP contribution in [0.1, 0.15) is 59.4 Å².